The van der Waals surface area contributed by atoms with Crippen LogP contribution in [-0.2, 0) is 0 Å². The predicted molar refractivity (Wildman–Crippen MR) is 83.0 cm³/mol. The van der Waals surface area contributed by atoms with E-state index in [2.05, 4.69) is 48.7 Å². The summed E-state index contributed by atoms with van der Waals surface area (Å²) < 4.78 is 8.31. The lowest BCUT2D eigenvalue weighted by Gasteiger charge is -2.33. The Bertz CT molecular complexity index is 625. The smallest absolute Gasteiger partial charge is 0.251 e. The van der Waals surface area contributed by atoms with Crippen molar-refractivity contribution in [3.8, 4) is 0 Å². The zero-order valence-corrected chi connectivity index (χ0v) is 13.5. The van der Waals surface area contributed by atoms with E-state index >= 15 is 0 Å². The average Bonchev–Trinajstić information content (AvgIpc) is 2.71. The quantitative estimate of drug-likeness (QED) is 0.939. The van der Waals surface area contributed by atoms with Crippen LogP contribution >= 0.6 is 11.7 Å². The Labute approximate surface area is 123 Å². The summed E-state index contributed by atoms with van der Waals surface area (Å²) in [5, 5.41) is 3.10. The molecule has 1 amide bonds. The van der Waals surface area contributed by atoms with Gasteiger partial charge in [0, 0.05) is 11.1 Å². The van der Waals surface area contributed by atoms with Gasteiger partial charge >= 0.3 is 0 Å². The van der Waals surface area contributed by atoms with Crippen molar-refractivity contribution in [1.29, 1.82) is 0 Å². The molecule has 1 heterocycles. The van der Waals surface area contributed by atoms with Crippen molar-refractivity contribution < 1.29 is 4.79 Å². The van der Waals surface area contributed by atoms with Gasteiger partial charge in [-0.25, -0.2) is 0 Å². The van der Waals surface area contributed by atoms with Crippen molar-refractivity contribution in [2.45, 2.75) is 46.6 Å². The van der Waals surface area contributed by atoms with E-state index in [1.807, 2.05) is 6.07 Å². The summed E-state index contributed by atoms with van der Waals surface area (Å²) in [6.45, 7) is 10.6. The number of amides is 1. The zero-order chi connectivity index (χ0) is 15.0. The van der Waals surface area contributed by atoms with E-state index in [-0.39, 0.29) is 16.9 Å². The largest absolute Gasteiger partial charge is 0.347 e. The summed E-state index contributed by atoms with van der Waals surface area (Å²) in [6.07, 6.45) is 0.909. The molecule has 0 atom stereocenters. The maximum Gasteiger partial charge on any atom is 0.251 e. The number of rotatable bonds is 3. The lowest BCUT2D eigenvalue weighted by molar-refractivity contribution is 0.0891. The Morgan fingerprint density at radius 3 is 2.45 bits per heavy atom. The van der Waals surface area contributed by atoms with Crippen molar-refractivity contribution in [2.24, 2.45) is 5.41 Å². The first-order valence-corrected chi connectivity index (χ1v) is 7.44. The minimum atomic E-state index is -0.245. The molecule has 0 radical (unpaired) electrons. The van der Waals surface area contributed by atoms with Crippen LogP contribution in [0.5, 0.6) is 0 Å². The zero-order valence-electron chi connectivity index (χ0n) is 12.7. The number of hydrogen-bond acceptors (Lipinski definition) is 4. The molecule has 5 heteroatoms. The monoisotopic (exact) mass is 291 g/mol. The molecule has 0 aliphatic carbocycles. The minimum absolute atomic E-state index is 0.0610. The van der Waals surface area contributed by atoms with Crippen LogP contribution in [0.2, 0.25) is 0 Å². The highest BCUT2D eigenvalue weighted by molar-refractivity contribution is 7.00. The highest BCUT2D eigenvalue weighted by Crippen LogP contribution is 2.27. The number of benzene rings is 1. The summed E-state index contributed by atoms with van der Waals surface area (Å²) in [7, 11) is 0. The van der Waals surface area contributed by atoms with Crippen LogP contribution in [0, 0.1) is 5.41 Å². The van der Waals surface area contributed by atoms with E-state index < -0.39 is 0 Å². The van der Waals surface area contributed by atoms with Crippen molar-refractivity contribution in [2.75, 3.05) is 0 Å². The van der Waals surface area contributed by atoms with Gasteiger partial charge in [-0.1, -0.05) is 20.8 Å². The Hall–Kier alpha value is -1.49. The molecule has 108 valence electrons. The minimum Gasteiger partial charge on any atom is -0.347 e. The summed E-state index contributed by atoms with van der Waals surface area (Å²) >= 11 is 1.16. The first-order valence-electron chi connectivity index (χ1n) is 6.71. The molecule has 1 N–H and O–H groups in total. The van der Waals surface area contributed by atoms with Crippen LogP contribution in [0.15, 0.2) is 18.2 Å². The first-order chi connectivity index (χ1) is 9.16. The molecule has 0 fully saturated rings. The van der Waals surface area contributed by atoms with E-state index in [0.29, 0.717) is 5.56 Å². The molecular formula is C15H21N3OS. The molecule has 2 aromatic rings. The summed E-state index contributed by atoms with van der Waals surface area (Å²) in [4.78, 5) is 12.4. The van der Waals surface area contributed by atoms with E-state index in [4.69, 9.17) is 0 Å². The van der Waals surface area contributed by atoms with Crippen LogP contribution in [0.25, 0.3) is 11.0 Å². The van der Waals surface area contributed by atoms with Crippen molar-refractivity contribution in [1.82, 2.24) is 14.1 Å². The third kappa shape index (κ3) is 3.76. The van der Waals surface area contributed by atoms with E-state index in [9.17, 15) is 4.79 Å². The third-order valence-electron chi connectivity index (χ3n) is 2.94. The van der Waals surface area contributed by atoms with Crippen LogP contribution in [0.1, 0.15) is 51.4 Å². The lowest BCUT2D eigenvalue weighted by Crippen LogP contribution is -2.45. The Balaban J connectivity index is 2.14. The number of hydrogen-bond donors (Lipinski definition) is 1. The number of carbonyl (C=O) groups excluding carboxylic acids is 1. The Morgan fingerprint density at radius 2 is 1.80 bits per heavy atom. The molecule has 20 heavy (non-hydrogen) atoms. The highest BCUT2D eigenvalue weighted by atomic mass is 32.1. The molecule has 1 aromatic heterocycles. The molecule has 0 aliphatic heterocycles. The standard InChI is InChI=1S/C15H21N3OS/c1-14(2,3)9-15(4,5)16-13(19)10-6-7-11-12(8-10)18-20-17-11/h6-8H,9H2,1-5H3,(H,16,19). The van der Waals surface area contributed by atoms with Crippen LogP contribution in [-0.4, -0.2) is 20.2 Å². The molecule has 0 saturated carbocycles. The van der Waals surface area contributed by atoms with Gasteiger partial charge in [0.2, 0.25) is 0 Å². The second-order valence-electron chi connectivity index (χ2n) is 7.04. The van der Waals surface area contributed by atoms with Crippen molar-refractivity contribution in [3.05, 3.63) is 23.8 Å². The molecule has 0 saturated heterocycles. The molecule has 0 bridgehead atoms. The fourth-order valence-electron chi connectivity index (χ4n) is 2.67. The SMILES string of the molecule is CC(C)(C)CC(C)(C)NC(=O)c1ccc2nsnc2c1. The fraction of sp³-hybridized carbons (Fsp3) is 0.533. The predicted octanol–water partition coefficient (Wildman–Crippen LogP) is 3.64. The average molecular weight is 291 g/mol. The number of fused-ring (bicyclic) bond motifs is 1. The van der Waals surface area contributed by atoms with Gasteiger partial charge in [-0.15, -0.1) is 0 Å². The number of nitrogens with zero attached hydrogens (tertiary/aromatic N) is 2. The molecule has 0 unspecified atom stereocenters. The van der Waals surface area contributed by atoms with Gasteiger partial charge in [-0.3, -0.25) is 4.79 Å². The first kappa shape index (κ1) is 14.9. The van der Waals surface area contributed by atoms with Gasteiger partial charge in [0.15, 0.2) is 0 Å². The van der Waals surface area contributed by atoms with Crippen molar-refractivity contribution >= 4 is 28.7 Å². The van der Waals surface area contributed by atoms with Crippen LogP contribution in [0.3, 0.4) is 0 Å². The summed E-state index contributed by atoms with van der Waals surface area (Å²) in [5.41, 5.74) is 2.16. The topological polar surface area (TPSA) is 54.9 Å². The van der Waals surface area contributed by atoms with Gasteiger partial charge < -0.3 is 5.32 Å². The van der Waals surface area contributed by atoms with Crippen LogP contribution < -0.4 is 5.32 Å². The Morgan fingerprint density at radius 1 is 1.15 bits per heavy atom. The van der Waals surface area contributed by atoms with E-state index in [0.717, 1.165) is 29.2 Å². The molecule has 2 rings (SSSR count). The number of aromatic nitrogens is 2. The highest BCUT2D eigenvalue weighted by Gasteiger charge is 2.27. The second kappa shape index (κ2) is 5.13. The second-order valence-corrected chi connectivity index (χ2v) is 7.57. The maximum atomic E-state index is 12.4. The van der Waals surface area contributed by atoms with E-state index in [1.165, 1.54) is 0 Å². The number of nitrogens with one attached hydrogen (secondary N) is 1. The van der Waals surface area contributed by atoms with Gasteiger partial charge in [-0.05, 0) is 43.9 Å². The third-order valence-corrected chi connectivity index (χ3v) is 3.50. The normalized spacial score (nSPS) is 12.7. The van der Waals surface area contributed by atoms with Crippen molar-refractivity contribution in [3.63, 3.8) is 0 Å². The summed E-state index contributed by atoms with van der Waals surface area (Å²) in [6, 6.07) is 5.43. The molecule has 0 spiro atoms. The molecule has 1 aromatic carbocycles. The molecule has 0 aliphatic rings. The van der Waals surface area contributed by atoms with E-state index in [1.54, 1.807) is 12.1 Å². The van der Waals surface area contributed by atoms with Gasteiger partial charge in [0.1, 0.15) is 11.0 Å². The molecule has 4 nitrogen and oxygen atoms in total. The van der Waals surface area contributed by atoms with Gasteiger partial charge in [0.25, 0.3) is 5.91 Å². The van der Waals surface area contributed by atoms with Crippen LogP contribution in [0.4, 0.5) is 0 Å². The number of carbonyl (C=O) groups is 1. The maximum absolute atomic E-state index is 12.4. The lowest BCUT2D eigenvalue weighted by atomic mass is 9.81. The Kier molecular flexibility index (Phi) is 3.82. The van der Waals surface area contributed by atoms with Gasteiger partial charge in [-0.2, -0.15) is 8.75 Å². The summed E-state index contributed by atoms with van der Waals surface area (Å²) in [5.74, 6) is -0.0610. The molecular weight excluding hydrogens is 270 g/mol. The van der Waals surface area contributed by atoms with Gasteiger partial charge in [0.05, 0.1) is 11.7 Å². The fourth-order valence-corrected chi connectivity index (χ4v) is 3.19.